The molecule has 0 radical (unpaired) electrons. The summed E-state index contributed by atoms with van der Waals surface area (Å²) < 4.78 is 5.31. The molecular weight excluding hydrogens is 220 g/mol. The van der Waals surface area contributed by atoms with Gasteiger partial charge in [0, 0.05) is 19.2 Å². The molecule has 5 heteroatoms. The van der Waals surface area contributed by atoms with Gasteiger partial charge in [-0.2, -0.15) is 0 Å². The first-order valence-corrected chi connectivity index (χ1v) is 5.49. The van der Waals surface area contributed by atoms with E-state index in [1.54, 1.807) is 23.1 Å². The van der Waals surface area contributed by atoms with Gasteiger partial charge in [0.1, 0.15) is 11.5 Å². The quantitative estimate of drug-likeness (QED) is 0.838. The third-order valence-electron chi connectivity index (χ3n) is 2.66. The summed E-state index contributed by atoms with van der Waals surface area (Å²) in [4.78, 5) is 15.4. The lowest BCUT2D eigenvalue weighted by atomic mass is 10.2. The third kappa shape index (κ3) is 2.50. The number of phenolic OH excluding ortho intramolecular Hbond substituents is 1. The van der Waals surface area contributed by atoms with Gasteiger partial charge in [-0.1, -0.05) is 0 Å². The SMILES string of the molecule is CN(C)CCN1C(=O)COc2ccc(O)cc21. The zero-order valence-electron chi connectivity index (χ0n) is 10.0. The highest BCUT2D eigenvalue weighted by atomic mass is 16.5. The van der Waals surface area contributed by atoms with Crippen LogP contribution in [0, 0.1) is 0 Å². The smallest absolute Gasteiger partial charge is 0.265 e. The Hall–Kier alpha value is -1.75. The van der Waals surface area contributed by atoms with Crippen molar-refractivity contribution in [3.8, 4) is 11.5 Å². The van der Waals surface area contributed by atoms with Crippen LogP contribution >= 0.6 is 0 Å². The van der Waals surface area contributed by atoms with Crippen molar-refractivity contribution in [1.82, 2.24) is 4.90 Å². The zero-order valence-corrected chi connectivity index (χ0v) is 10.0. The minimum absolute atomic E-state index is 0.0607. The van der Waals surface area contributed by atoms with E-state index in [-0.39, 0.29) is 18.3 Å². The van der Waals surface area contributed by atoms with Crippen LogP contribution in [-0.2, 0) is 4.79 Å². The summed E-state index contributed by atoms with van der Waals surface area (Å²) in [7, 11) is 3.91. The molecule has 0 atom stereocenters. The van der Waals surface area contributed by atoms with E-state index < -0.39 is 0 Å². The Bertz CT molecular complexity index is 432. The summed E-state index contributed by atoms with van der Waals surface area (Å²) in [6.07, 6.45) is 0. The van der Waals surface area contributed by atoms with Crippen molar-refractivity contribution >= 4 is 11.6 Å². The third-order valence-corrected chi connectivity index (χ3v) is 2.66. The average molecular weight is 236 g/mol. The molecule has 1 heterocycles. The molecule has 0 unspecified atom stereocenters. The lowest BCUT2D eigenvalue weighted by Crippen LogP contribution is -2.42. The van der Waals surface area contributed by atoms with Crippen LogP contribution in [0.4, 0.5) is 5.69 Å². The van der Waals surface area contributed by atoms with Crippen LogP contribution in [0.15, 0.2) is 18.2 Å². The van der Waals surface area contributed by atoms with E-state index in [0.717, 1.165) is 6.54 Å². The second-order valence-electron chi connectivity index (χ2n) is 4.29. The molecule has 0 aromatic heterocycles. The van der Waals surface area contributed by atoms with E-state index in [0.29, 0.717) is 18.0 Å². The number of amides is 1. The van der Waals surface area contributed by atoms with Crippen LogP contribution in [0.5, 0.6) is 11.5 Å². The predicted octanol–water partition coefficient (Wildman–Crippen LogP) is 0.679. The van der Waals surface area contributed by atoms with Crippen LogP contribution in [0.3, 0.4) is 0 Å². The highest BCUT2D eigenvalue weighted by Gasteiger charge is 2.25. The standard InChI is InChI=1S/C12H16N2O3/c1-13(2)5-6-14-10-7-9(15)3-4-11(10)17-8-12(14)16/h3-4,7,15H,5-6,8H2,1-2H3. The Balaban J connectivity index is 2.26. The fourth-order valence-corrected chi connectivity index (χ4v) is 1.74. The molecule has 1 amide bonds. The second-order valence-corrected chi connectivity index (χ2v) is 4.29. The molecule has 5 nitrogen and oxygen atoms in total. The van der Waals surface area contributed by atoms with E-state index in [2.05, 4.69) is 0 Å². The van der Waals surface area contributed by atoms with Gasteiger partial charge < -0.3 is 19.6 Å². The Morgan fingerprint density at radius 3 is 2.94 bits per heavy atom. The van der Waals surface area contributed by atoms with Crippen molar-refractivity contribution in [2.75, 3.05) is 38.7 Å². The summed E-state index contributed by atoms with van der Waals surface area (Å²) in [5.41, 5.74) is 0.642. The van der Waals surface area contributed by atoms with Crippen LogP contribution in [0.1, 0.15) is 0 Å². The van der Waals surface area contributed by atoms with Gasteiger partial charge in [0.2, 0.25) is 0 Å². The molecular formula is C12H16N2O3. The maximum Gasteiger partial charge on any atom is 0.265 e. The van der Waals surface area contributed by atoms with Gasteiger partial charge in [0.15, 0.2) is 6.61 Å². The molecule has 0 saturated heterocycles. The van der Waals surface area contributed by atoms with Crippen molar-refractivity contribution in [1.29, 1.82) is 0 Å². The molecule has 1 aliphatic heterocycles. The Morgan fingerprint density at radius 2 is 2.24 bits per heavy atom. The number of benzene rings is 1. The number of hydrogen-bond donors (Lipinski definition) is 1. The van der Waals surface area contributed by atoms with E-state index in [1.165, 1.54) is 0 Å². The molecule has 0 spiro atoms. The van der Waals surface area contributed by atoms with Gasteiger partial charge in [-0.3, -0.25) is 4.79 Å². The fraction of sp³-hybridized carbons (Fsp3) is 0.417. The van der Waals surface area contributed by atoms with Crippen molar-refractivity contribution in [2.24, 2.45) is 0 Å². The highest BCUT2D eigenvalue weighted by molar-refractivity contribution is 5.98. The molecule has 0 bridgehead atoms. The molecule has 1 aromatic carbocycles. The van der Waals surface area contributed by atoms with E-state index in [4.69, 9.17) is 4.74 Å². The number of ether oxygens (including phenoxy) is 1. The zero-order chi connectivity index (χ0) is 12.4. The molecule has 0 saturated carbocycles. The number of phenols is 1. The molecule has 1 aromatic rings. The molecule has 0 fully saturated rings. The average Bonchev–Trinajstić information content (AvgIpc) is 2.27. The van der Waals surface area contributed by atoms with Gasteiger partial charge in [-0.25, -0.2) is 0 Å². The monoisotopic (exact) mass is 236 g/mol. The number of likely N-dealkylation sites (N-methyl/N-ethyl adjacent to an activating group) is 1. The van der Waals surface area contributed by atoms with E-state index in [1.807, 2.05) is 19.0 Å². The lowest BCUT2D eigenvalue weighted by molar-refractivity contribution is -0.121. The van der Waals surface area contributed by atoms with Crippen molar-refractivity contribution < 1.29 is 14.6 Å². The number of fused-ring (bicyclic) bond motifs is 1. The number of nitrogens with zero attached hydrogens (tertiary/aromatic N) is 2. The van der Waals surface area contributed by atoms with Gasteiger partial charge >= 0.3 is 0 Å². The Labute approximate surface area is 100 Å². The predicted molar refractivity (Wildman–Crippen MR) is 64.5 cm³/mol. The summed E-state index contributed by atoms with van der Waals surface area (Å²) in [6, 6.07) is 4.79. The maximum atomic E-state index is 11.8. The fourth-order valence-electron chi connectivity index (χ4n) is 1.74. The van der Waals surface area contributed by atoms with Gasteiger partial charge in [0.25, 0.3) is 5.91 Å². The minimum Gasteiger partial charge on any atom is -0.508 e. The van der Waals surface area contributed by atoms with Crippen LogP contribution < -0.4 is 9.64 Å². The number of carbonyl (C=O) groups is 1. The second kappa shape index (κ2) is 4.63. The summed E-state index contributed by atoms with van der Waals surface area (Å²) in [5, 5.41) is 9.47. The topological polar surface area (TPSA) is 53.0 Å². The number of rotatable bonds is 3. The van der Waals surface area contributed by atoms with Crippen LogP contribution in [0.25, 0.3) is 0 Å². The lowest BCUT2D eigenvalue weighted by Gasteiger charge is -2.30. The first kappa shape index (κ1) is 11.7. The maximum absolute atomic E-state index is 11.8. The number of hydrogen-bond acceptors (Lipinski definition) is 4. The van der Waals surface area contributed by atoms with Crippen LogP contribution in [0.2, 0.25) is 0 Å². The van der Waals surface area contributed by atoms with E-state index in [9.17, 15) is 9.90 Å². The Morgan fingerprint density at radius 1 is 1.47 bits per heavy atom. The largest absolute Gasteiger partial charge is 0.508 e. The number of anilines is 1. The minimum atomic E-state index is -0.0787. The molecule has 1 N–H and O–H groups in total. The molecule has 0 aliphatic carbocycles. The number of aromatic hydroxyl groups is 1. The Kier molecular flexibility index (Phi) is 3.19. The van der Waals surface area contributed by atoms with Crippen LogP contribution in [-0.4, -0.2) is 49.7 Å². The molecule has 1 aliphatic rings. The molecule has 17 heavy (non-hydrogen) atoms. The van der Waals surface area contributed by atoms with Crippen molar-refractivity contribution in [3.63, 3.8) is 0 Å². The molecule has 92 valence electrons. The first-order chi connectivity index (χ1) is 8.08. The van der Waals surface area contributed by atoms with Gasteiger partial charge in [0.05, 0.1) is 5.69 Å². The summed E-state index contributed by atoms with van der Waals surface area (Å²) >= 11 is 0. The molecule has 2 rings (SSSR count). The summed E-state index contributed by atoms with van der Waals surface area (Å²) in [6.45, 7) is 1.41. The summed E-state index contributed by atoms with van der Waals surface area (Å²) in [5.74, 6) is 0.697. The first-order valence-electron chi connectivity index (χ1n) is 5.49. The highest BCUT2D eigenvalue weighted by Crippen LogP contribution is 2.34. The van der Waals surface area contributed by atoms with E-state index >= 15 is 0 Å². The number of carbonyl (C=O) groups excluding carboxylic acids is 1. The van der Waals surface area contributed by atoms with Crippen molar-refractivity contribution in [3.05, 3.63) is 18.2 Å². The van der Waals surface area contributed by atoms with Gasteiger partial charge in [-0.15, -0.1) is 0 Å². The van der Waals surface area contributed by atoms with Gasteiger partial charge in [-0.05, 0) is 26.2 Å². The van der Waals surface area contributed by atoms with Crippen molar-refractivity contribution in [2.45, 2.75) is 0 Å². The normalized spacial score (nSPS) is 14.8.